The topological polar surface area (TPSA) is 89.0 Å². The highest BCUT2D eigenvalue weighted by Crippen LogP contribution is 2.36. The van der Waals surface area contributed by atoms with E-state index in [1.165, 1.54) is 24.4 Å². The number of hydrogen-bond acceptors (Lipinski definition) is 5. The number of halogens is 2. The Kier molecular flexibility index (Phi) is 9.64. The second-order valence-corrected chi connectivity index (χ2v) is 7.96. The highest BCUT2D eigenvalue weighted by Gasteiger charge is 2.25. The summed E-state index contributed by atoms with van der Waals surface area (Å²) >= 11 is 3.46. The van der Waals surface area contributed by atoms with E-state index in [4.69, 9.17) is 9.47 Å². The normalized spacial score (nSPS) is 12.0. The Balaban J connectivity index is 2.11. The maximum absolute atomic E-state index is 13.9. The molecule has 0 saturated heterocycles. The van der Waals surface area contributed by atoms with Crippen molar-refractivity contribution in [2.24, 2.45) is 11.0 Å². The lowest BCUT2D eigenvalue weighted by atomic mass is 10.0. The molecule has 0 aliphatic carbocycles. The number of carbonyl (C=O) groups excluding carboxylic acids is 2. The number of rotatable bonds is 10. The lowest BCUT2D eigenvalue weighted by Gasteiger charge is -2.20. The van der Waals surface area contributed by atoms with Crippen molar-refractivity contribution in [1.82, 2.24) is 10.7 Å². The van der Waals surface area contributed by atoms with E-state index in [0.717, 1.165) is 0 Å². The molecule has 0 aliphatic rings. The van der Waals surface area contributed by atoms with Crippen molar-refractivity contribution in [2.45, 2.75) is 33.7 Å². The number of ether oxygens (including phenoxy) is 2. The largest absolute Gasteiger partial charge is 0.490 e. The van der Waals surface area contributed by atoms with Crippen LogP contribution in [0.1, 0.15) is 43.6 Å². The van der Waals surface area contributed by atoms with Crippen molar-refractivity contribution >= 4 is 34.0 Å². The molecule has 2 N–H and O–H groups in total. The molecule has 2 amide bonds. The third-order valence-electron chi connectivity index (χ3n) is 4.36. The van der Waals surface area contributed by atoms with E-state index in [9.17, 15) is 14.0 Å². The van der Waals surface area contributed by atoms with Gasteiger partial charge in [-0.1, -0.05) is 26.0 Å². The maximum atomic E-state index is 13.9. The van der Waals surface area contributed by atoms with Gasteiger partial charge in [0.15, 0.2) is 11.5 Å². The molecule has 1 atom stereocenters. The Morgan fingerprint density at radius 2 is 1.84 bits per heavy atom. The predicted octanol–water partition coefficient (Wildman–Crippen LogP) is 4.29. The molecule has 172 valence electrons. The van der Waals surface area contributed by atoms with Crippen molar-refractivity contribution in [3.63, 3.8) is 0 Å². The van der Waals surface area contributed by atoms with Gasteiger partial charge in [-0.05, 0) is 65.5 Å². The van der Waals surface area contributed by atoms with Gasteiger partial charge in [-0.3, -0.25) is 9.59 Å². The Morgan fingerprint density at radius 1 is 1.16 bits per heavy atom. The average Bonchev–Trinajstić information content (AvgIpc) is 2.74. The van der Waals surface area contributed by atoms with Crippen LogP contribution < -0.4 is 20.2 Å². The van der Waals surface area contributed by atoms with Crippen molar-refractivity contribution in [3.05, 3.63) is 57.8 Å². The van der Waals surface area contributed by atoms with Crippen molar-refractivity contribution in [2.75, 3.05) is 13.2 Å². The van der Waals surface area contributed by atoms with Crippen LogP contribution in [0, 0.1) is 11.7 Å². The molecule has 1 unspecified atom stereocenters. The Bertz CT molecular complexity index is 982. The SMILES string of the molecule is CCOc1cc(/C=N/NC(=O)C(NC(=O)c2ccccc2F)C(C)C)cc(Br)c1OCC. The monoisotopic (exact) mass is 507 g/mol. The number of nitrogens with one attached hydrogen (secondary N) is 2. The lowest BCUT2D eigenvalue weighted by molar-refractivity contribution is -0.123. The van der Waals surface area contributed by atoms with Gasteiger partial charge in [0.1, 0.15) is 11.9 Å². The molecule has 0 saturated carbocycles. The Morgan fingerprint density at radius 3 is 2.47 bits per heavy atom. The maximum Gasteiger partial charge on any atom is 0.262 e. The third kappa shape index (κ3) is 6.78. The number of hydrogen-bond donors (Lipinski definition) is 2. The van der Waals surface area contributed by atoms with Crippen LogP contribution in [0.2, 0.25) is 0 Å². The summed E-state index contributed by atoms with van der Waals surface area (Å²) in [5.74, 6) is -0.948. The van der Waals surface area contributed by atoms with Crippen LogP contribution in [0.25, 0.3) is 0 Å². The van der Waals surface area contributed by atoms with E-state index in [1.807, 2.05) is 13.8 Å². The number of amides is 2. The molecule has 2 aromatic rings. The van der Waals surface area contributed by atoms with Gasteiger partial charge in [0.2, 0.25) is 0 Å². The predicted molar refractivity (Wildman–Crippen MR) is 125 cm³/mol. The third-order valence-corrected chi connectivity index (χ3v) is 4.95. The van der Waals surface area contributed by atoms with Crippen molar-refractivity contribution < 1.29 is 23.5 Å². The Hall–Kier alpha value is -2.94. The summed E-state index contributed by atoms with van der Waals surface area (Å²) in [4.78, 5) is 25.0. The first-order valence-electron chi connectivity index (χ1n) is 10.3. The molecule has 2 rings (SSSR count). The van der Waals surface area contributed by atoms with Gasteiger partial charge in [-0.15, -0.1) is 0 Å². The molecule has 2 aromatic carbocycles. The molecule has 9 heteroatoms. The van der Waals surface area contributed by atoms with Crippen LogP contribution in [-0.4, -0.2) is 37.3 Å². The van der Waals surface area contributed by atoms with E-state index in [0.29, 0.717) is 34.7 Å². The minimum Gasteiger partial charge on any atom is -0.490 e. The van der Waals surface area contributed by atoms with E-state index < -0.39 is 23.7 Å². The molecule has 0 heterocycles. The summed E-state index contributed by atoms with van der Waals surface area (Å²) < 4.78 is 25.8. The first kappa shape index (κ1) is 25.3. The number of benzene rings is 2. The van der Waals surface area contributed by atoms with Crippen molar-refractivity contribution in [1.29, 1.82) is 0 Å². The van der Waals surface area contributed by atoms with Crippen molar-refractivity contribution in [3.8, 4) is 11.5 Å². The summed E-state index contributed by atoms with van der Waals surface area (Å²) in [5.41, 5.74) is 2.97. The number of carbonyl (C=O) groups is 2. The van der Waals surface area contributed by atoms with Gasteiger partial charge in [-0.2, -0.15) is 5.10 Å². The summed E-state index contributed by atoms with van der Waals surface area (Å²) in [5, 5.41) is 6.56. The van der Waals surface area contributed by atoms with Crippen LogP contribution >= 0.6 is 15.9 Å². The highest BCUT2D eigenvalue weighted by atomic mass is 79.9. The highest BCUT2D eigenvalue weighted by molar-refractivity contribution is 9.10. The van der Waals surface area contributed by atoms with Crippen LogP contribution in [0.15, 0.2) is 46.0 Å². The van der Waals surface area contributed by atoms with Crippen LogP contribution in [0.4, 0.5) is 4.39 Å². The van der Waals surface area contributed by atoms with Gasteiger partial charge in [-0.25, -0.2) is 9.82 Å². The molecule has 0 aliphatic heterocycles. The number of hydrazone groups is 1. The number of nitrogens with zero attached hydrogens (tertiary/aromatic N) is 1. The minimum atomic E-state index is -0.898. The van der Waals surface area contributed by atoms with Gasteiger partial charge in [0.05, 0.1) is 29.5 Å². The molecule has 7 nitrogen and oxygen atoms in total. The summed E-state index contributed by atoms with van der Waals surface area (Å²) in [7, 11) is 0. The molecule has 0 spiro atoms. The van der Waals surface area contributed by atoms with E-state index in [2.05, 4.69) is 31.8 Å². The summed E-state index contributed by atoms with van der Waals surface area (Å²) in [6.45, 7) is 8.23. The summed E-state index contributed by atoms with van der Waals surface area (Å²) in [6, 6.07) is 8.22. The fourth-order valence-electron chi connectivity index (χ4n) is 2.85. The minimum absolute atomic E-state index is 0.128. The standard InChI is InChI=1S/C23H27BrFN3O4/c1-5-31-19-12-15(11-17(24)21(19)32-6-2)13-26-28-23(30)20(14(3)4)27-22(29)16-9-7-8-10-18(16)25/h7-14,20H,5-6H2,1-4H3,(H,27,29)(H,28,30)/b26-13+. The molecular weight excluding hydrogens is 481 g/mol. The van der Waals surface area contributed by atoms with E-state index in [1.54, 1.807) is 32.0 Å². The molecular formula is C23H27BrFN3O4. The zero-order chi connectivity index (χ0) is 23.7. The fraction of sp³-hybridized carbons (Fsp3) is 0.348. The molecule has 0 fully saturated rings. The molecule has 0 bridgehead atoms. The second kappa shape index (κ2) is 12.2. The van der Waals surface area contributed by atoms with E-state index >= 15 is 0 Å². The van der Waals surface area contributed by atoms with Gasteiger partial charge >= 0.3 is 0 Å². The first-order chi connectivity index (χ1) is 15.3. The van der Waals surface area contributed by atoms with Gasteiger partial charge in [0.25, 0.3) is 11.8 Å². The van der Waals surface area contributed by atoms with Crippen LogP contribution in [0.5, 0.6) is 11.5 Å². The molecule has 0 radical (unpaired) electrons. The van der Waals surface area contributed by atoms with Gasteiger partial charge < -0.3 is 14.8 Å². The van der Waals surface area contributed by atoms with Crippen LogP contribution in [-0.2, 0) is 4.79 Å². The van der Waals surface area contributed by atoms with E-state index in [-0.39, 0.29) is 11.5 Å². The first-order valence-corrected chi connectivity index (χ1v) is 11.0. The molecule has 32 heavy (non-hydrogen) atoms. The molecule has 0 aromatic heterocycles. The quantitative estimate of drug-likeness (QED) is 0.370. The zero-order valence-corrected chi connectivity index (χ0v) is 20.0. The Labute approximate surface area is 195 Å². The fourth-order valence-corrected chi connectivity index (χ4v) is 3.42. The smallest absolute Gasteiger partial charge is 0.262 e. The van der Waals surface area contributed by atoms with Gasteiger partial charge in [0, 0.05) is 0 Å². The van der Waals surface area contributed by atoms with Crippen LogP contribution in [0.3, 0.4) is 0 Å². The lowest BCUT2D eigenvalue weighted by Crippen LogP contribution is -2.48. The average molecular weight is 508 g/mol. The second-order valence-electron chi connectivity index (χ2n) is 7.11. The summed E-state index contributed by atoms with van der Waals surface area (Å²) in [6.07, 6.45) is 1.46. The zero-order valence-electron chi connectivity index (χ0n) is 18.4.